The average Bonchev–Trinajstić information content (AvgIpc) is 3.46. The van der Waals surface area contributed by atoms with Crippen molar-refractivity contribution in [1.29, 1.82) is 0 Å². The number of nitrogens with zero attached hydrogens (tertiary/aromatic N) is 2. The van der Waals surface area contributed by atoms with Gasteiger partial charge in [0.15, 0.2) is 0 Å². The number of para-hydroxylation sites is 2. The average molecular weight is 611 g/mol. The minimum atomic E-state index is 0.110. The first-order valence-corrected chi connectivity index (χ1v) is 17.2. The van der Waals surface area contributed by atoms with Gasteiger partial charge in [-0.15, -0.1) is 0 Å². The lowest BCUT2D eigenvalue weighted by atomic mass is 9.91. The van der Waals surface area contributed by atoms with E-state index in [1.807, 2.05) is 0 Å². The van der Waals surface area contributed by atoms with Crippen LogP contribution in [0.4, 0.5) is 11.4 Å². The topological polar surface area (TPSA) is 15.7 Å². The van der Waals surface area contributed by atoms with E-state index in [4.69, 9.17) is 4.74 Å². The largest absolute Gasteiger partial charge is 0.375 e. The van der Waals surface area contributed by atoms with Gasteiger partial charge in [0.25, 0.3) is 0 Å². The van der Waals surface area contributed by atoms with Crippen LogP contribution in [0.25, 0.3) is 21.5 Å². The molecule has 0 aromatic heterocycles. The smallest absolute Gasteiger partial charge is 0.209 e. The van der Waals surface area contributed by atoms with E-state index in [1.165, 1.54) is 60.7 Å². The summed E-state index contributed by atoms with van der Waals surface area (Å²) in [6, 6.07) is 33.5. The fraction of sp³-hybridized carbons (Fsp3) is 0.372. The molecule has 0 saturated carbocycles. The highest BCUT2D eigenvalue weighted by Gasteiger charge is 2.37. The maximum atomic E-state index is 6.80. The van der Waals surface area contributed by atoms with E-state index in [1.54, 1.807) is 0 Å². The van der Waals surface area contributed by atoms with Crippen molar-refractivity contribution in [3.63, 3.8) is 0 Å². The number of benzene rings is 5. The Labute approximate surface area is 277 Å². The van der Waals surface area contributed by atoms with Gasteiger partial charge in [0.2, 0.25) is 6.67 Å². The van der Waals surface area contributed by atoms with E-state index in [-0.39, 0.29) is 6.04 Å². The molecule has 0 bridgehead atoms. The van der Waals surface area contributed by atoms with Crippen LogP contribution in [0, 0.1) is 6.67 Å². The second kappa shape index (κ2) is 13.5. The summed E-state index contributed by atoms with van der Waals surface area (Å²) in [7, 11) is 0. The van der Waals surface area contributed by atoms with Crippen molar-refractivity contribution < 1.29 is 4.74 Å². The molecule has 1 fully saturated rings. The molecular formula is C43H50N2O. The summed E-state index contributed by atoms with van der Waals surface area (Å²) in [4.78, 5) is 4.85. The quantitative estimate of drug-likeness (QED) is 0.146. The van der Waals surface area contributed by atoms with Crippen LogP contribution in [0.5, 0.6) is 0 Å². The Morgan fingerprint density at radius 2 is 1.07 bits per heavy atom. The molecule has 1 heterocycles. The number of fused-ring (bicyclic) bond motifs is 2. The van der Waals surface area contributed by atoms with Gasteiger partial charge in [-0.2, -0.15) is 0 Å². The van der Waals surface area contributed by atoms with Gasteiger partial charge in [-0.25, -0.2) is 0 Å². The molecule has 0 N–H and O–H groups in total. The van der Waals surface area contributed by atoms with Crippen LogP contribution in [0.15, 0.2) is 91.0 Å². The molecule has 0 amide bonds. The standard InChI is InChI=1S/C43H50N2O/c1-28(2)35-19-13-20-36(29(3)4)42(35)44-24-34(45(27-44)43-37(30(5)6)21-14-22-38(43)31(7)8)25-46-26-41-39-17-11-9-15-32(39)23-33-16-10-12-18-40(33)41/h9-23,28-31,34H,24-26H2,1-8H3. The van der Waals surface area contributed by atoms with Gasteiger partial charge in [0.05, 0.1) is 19.3 Å². The Bertz CT molecular complexity index is 1710. The van der Waals surface area contributed by atoms with Crippen molar-refractivity contribution in [2.45, 2.75) is 91.7 Å². The normalized spacial score (nSPS) is 15.5. The third kappa shape index (κ3) is 6.15. The lowest BCUT2D eigenvalue weighted by molar-refractivity contribution is 0.113. The minimum absolute atomic E-state index is 0.110. The molecule has 1 aliphatic rings. The molecule has 46 heavy (non-hydrogen) atoms. The Hall–Kier alpha value is -3.82. The van der Waals surface area contributed by atoms with Crippen molar-refractivity contribution in [3.05, 3.63) is 125 Å². The van der Waals surface area contributed by atoms with Crippen molar-refractivity contribution in [3.8, 4) is 0 Å². The maximum absolute atomic E-state index is 6.80. The van der Waals surface area contributed by atoms with Gasteiger partial charge in [-0.1, -0.05) is 140 Å². The monoisotopic (exact) mass is 610 g/mol. The molecule has 238 valence electrons. The molecule has 3 heteroatoms. The Morgan fingerprint density at radius 3 is 1.54 bits per heavy atom. The molecule has 0 aliphatic carbocycles. The maximum Gasteiger partial charge on any atom is 0.209 e. The van der Waals surface area contributed by atoms with Gasteiger partial charge in [-0.3, -0.25) is 0 Å². The molecule has 6 rings (SSSR count). The number of hydrogen-bond donors (Lipinski definition) is 0. The molecular weight excluding hydrogens is 560 g/mol. The van der Waals surface area contributed by atoms with Crippen LogP contribution in [0.3, 0.4) is 0 Å². The Morgan fingerprint density at radius 1 is 0.609 bits per heavy atom. The van der Waals surface area contributed by atoms with Crippen molar-refractivity contribution in [2.24, 2.45) is 0 Å². The SMILES string of the molecule is CC(C)c1cccc(C(C)C)c1N1[C]N(c2c(C(C)C)cccc2C(C)C)C(COCc2c3ccccc3cc3ccccc23)C1. The second-order valence-corrected chi connectivity index (χ2v) is 14.2. The molecule has 5 aromatic rings. The van der Waals surface area contributed by atoms with Gasteiger partial charge in [-0.05, 0) is 79.1 Å². The lowest BCUT2D eigenvalue weighted by Gasteiger charge is -2.31. The van der Waals surface area contributed by atoms with Crippen molar-refractivity contribution >= 4 is 32.9 Å². The highest BCUT2D eigenvalue weighted by Crippen LogP contribution is 2.43. The molecule has 5 aromatic carbocycles. The van der Waals surface area contributed by atoms with E-state index in [0.717, 1.165) is 6.54 Å². The van der Waals surface area contributed by atoms with Gasteiger partial charge in [0.1, 0.15) is 0 Å². The molecule has 1 aliphatic heterocycles. The number of ether oxygens (including phenoxy) is 1. The lowest BCUT2D eigenvalue weighted by Crippen LogP contribution is -2.35. The van der Waals surface area contributed by atoms with Crippen LogP contribution in [-0.4, -0.2) is 19.2 Å². The summed E-state index contributed by atoms with van der Waals surface area (Å²) in [6.07, 6.45) is 0. The van der Waals surface area contributed by atoms with E-state index in [2.05, 4.69) is 163 Å². The first kappa shape index (κ1) is 32.1. The third-order valence-electron chi connectivity index (χ3n) is 9.62. The molecule has 2 radical (unpaired) electrons. The number of rotatable bonds is 10. The van der Waals surface area contributed by atoms with Gasteiger partial charge >= 0.3 is 0 Å². The Balaban J connectivity index is 1.41. The number of anilines is 2. The zero-order valence-electron chi connectivity index (χ0n) is 29.0. The predicted octanol–water partition coefficient (Wildman–Crippen LogP) is 11.4. The molecule has 1 saturated heterocycles. The summed E-state index contributed by atoms with van der Waals surface area (Å²) in [5, 5.41) is 5.05. The fourth-order valence-electron chi connectivity index (χ4n) is 7.22. The highest BCUT2D eigenvalue weighted by molar-refractivity contribution is 6.02. The van der Waals surface area contributed by atoms with E-state index in [0.29, 0.717) is 36.9 Å². The second-order valence-electron chi connectivity index (χ2n) is 14.2. The summed E-state index contributed by atoms with van der Waals surface area (Å²) in [5.41, 5.74) is 9.37. The summed E-state index contributed by atoms with van der Waals surface area (Å²) in [6.45, 7) is 24.4. The third-order valence-corrected chi connectivity index (χ3v) is 9.62. The van der Waals surface area contributed by atoms with E-state index >= 15 is 0 Å². The summed E-state index contributed by atoms with van der Waals surface area (Å²) < 4.78 is 6.80. The van der Waals surface area contributed by atoms with Gasteiger partial charge < -0.3 is 14.5 Å². The summed E-state index contributed by atoms with van der Waals surface area (Å²) >= 11 is 0. The van der Waals surface area contributed by atoms with E-state index < -0.39 is 0 Å². The zero-order chi connectivity index (χ0) is 32.5. The zero-order valence-corrected chi connectivity index (χ0v) is 29.0. The molecule has 3 nitrogen and oxygen atoms in total. The first-order valence-electron chi connectivity index (χ1n) is 17.2. The van der Waals surface area contributed by atoms with Crippen molar-refractivity contribution in [2.75, 3.05) is 23.0 Å². The fourth-order valence-corrected chi connectivity index (χ4v) is 7.22. The Kier molecular flexibility index (Phi) is 9.43. The first-order chi connectivity index (χ1) is 22.2. The van der Waals surface area contributed by atoms with E-state index in [9.17, 15) is 0 Å². The van der Waals surface area contributed by atoms with Crippen LogP contribution in [0.1, 0.15) is 107 Å². The predicted molar refractivity (Wildman–Crippen MR) is 197 cm³/mol. The minimum Gasteiger partial charge on any atom is -0.375 e. The molecule has 1 atom stereocenters. The van der Waals surface area contributed by atoms with Crippen LogP contribution in [-0.2, 0) is 11.3 Å². The highest BCUT2D eigenvalue weighted by atomic mass is 16.5. The molecule has 1 unspecified atom stereocenters. The van der Waals surface area contributed by atoms with Crippen LogP contribution in [0.2, 0.25) is 0 Å². The molecule has 0 spiro atoms. The van der Waals surface area contributed by atoms with Crippen LogP contribution >= 0.6 is 0 Å². The van der Waals surface area contributed by atoms with Crippen LogP contribution < -0.4 is 9.80 Å². The summed E-state index contributed by atoms with van der Waals surface area (Å²) in [5.74, 6) is 1.60. The number of hydrogen-bond acceptors (Lipinski definition) is 3. The van der Waals surface area contributed by atoms with Gasteiger partial charge in [0, 0.05) is 17.9 Å². The van der Waals surface area contributed by atoms with Crippen molar-refractivity contribution in [1.82, 2.24) is 0 Å².